The van der Waals surface area contributed by atoms with Gasteiger partial charge >= 0.3 is 0 Å². The van der Waals surface area contributed by atoms with Gasteiger partial charge in [-0.2, -0.15) is 0 Å². The standard InChI is InChI=1S/C11H14O2/c1-3-13-11-6-4-5-10(8-11)7-9(2)12/h4-6,8H,3,7H2,1-2H3. The van der Waals surface area contributed by atoms with Crippen molar-refractivity contribution >= 4 is 5.78 Å². The van der Waals surface area contributed by atoms with Crippen molar-refractivity contribution in [2.75, 3.05) is 6.61 Å². The highest BCUT2D eigenvalue weighted by atomic mass is 16.5. The van der Waals surface area contributed by atoms with Crippen molar-refractivity contribution in [1.82, 2.24) is 0 Å². The number of hydrogen-bond acceptors (Lipinski definition) is 2. The summed E-state index contributed by atoms with van der Waals surface area (Å²) in [7, 11) is 0. The van der Waals surface area contributed by atoms with Gasteiger partial charge in [0, 0.05) is 6.42 Å². The highest BCUT2D eigenvalue weighted by Crippen LogP contribution is 2.13. The van der Waals surface area contributed by atoms with E-state index < -0.39 is 0 Å². The van der Waals surface area contributed by atoms with Crippen molar-refractivity contribution in [2.45, 2.75) is 20.3 Å². The van der Waals surface area contributed by atoms with Gasteiger partial charge < -0.3 is 4.74 Å². The highest BCUT2D eigenvalue weighted by molar-refractivity contribution is 5.78. The first-order valence-electron chi connectivity index (χ1n) is 4.43. The summed E-state index contributed by atoms with van der Waals surface area (Å²) in [6, 6.07) is 7.64. The van der Waals surface area contributed by atoms with Crippen LogP contribution in [0.5, 0.6) is 5.75 Å². The molecule has 1 aromatic rings. The van der Waals surface area contributed by atoms with Gasteiger partial charge in [0.1, 0.15) is 11.5 Å². The quantitative estimate of drug-likeness (QED) is 0.706. The van der Waals surface area contributed by atoms with Crippen LogP contribution in [0.4, 0.5) is 0 Å². The van der Waals surface area contributed by atoms with Crippen LogP contribution in [-0.2, 0) is 11.2 Å². The number of ether oxygens (including phenoxy) is 1. The maximum atomic E-state index is 10.8. The summed E-state index contributed by atoms with van der Waals surface area (Å²) in [5.74, 6) is 1.01. The second kappa shape index (κ2) is 4.65. The Labute approximate surface area is 78.5 Å². The van der Waals surface area contributed by atoms with E-state index in [2.05, 4.69) is 0 Å². The van der Waals surface area contributed by atoms with Gasteiger partial charge in [0.25, 0.3) is 0 Å². The second-order valence-corrected chi connectivity index (χ2v) is 2.96. The Hall–Kier alpha value is -1.31. The number of hydrogen-bond donors (Lipinski definition) is 0. The lowest BCUT2D eigenvalue weighted by atomic mass is 10.1. The van der Waals surface area contributed by atoms with Crippen LogP contribution in [0.25, 0.3) is 0 Å². The number of benzene rings is 1. The molecule has 70 valence electrons. The van der Waals surface area contributed by atoms with Gasteiger partial charge in [-0.05, 0) is 31.5 Å². The lowest BCUT2D eigenvalue weighted by Gasteiger charge is -2.04. The van der Waals surface area contributed by atoms with Crippen molar-refractivity contribution in [1.29, 1.82) is 0 Å². The zero-order valence-corrected chi connectivity index (χ0v) is 8.04. The molecule has 0 aliphatic carbocycles. The number of carbonyl (C=O) groups excluding carboxylic acids is 1. The molecule has 0 fully saturated rings. The average Bonchev–Trinajstić information content (AvgIpc) is 2.04. The van der Waals surface area contributed by atoms with Crippen molar-refractivity contribution in [2.24, 2.45) is 0 Å². The zero-order chi connectivity index (χ0) is 9.68. The van der Waals surface area contributed by atoms with Crippen molar-refractivity contribution in [3.05, 3.63) is 29.8 Å². The number of carbonyl (C=O) groups is 1. The fourth-order valence-electron chi connectivity index (χ4n) is 1.20. The largest absolute Gasteiger partial charge is 0.494 e. The van der Waals surface area contributed by atoms with Crippen molar-refractivity contribution < 1.29 is 9.53 Å². The molecule has 0 atom stereocenters. The Kier molecular flexibility index (Phi) is 3.50. The monoisotopic (exact) mass is 178 g/mol. The second-order valence-electron chi connectivity index (χ2n) is 2.96. The highest BCUT2D eigenvalue weighted by Gasteiger charge is 1.98. The summed E-state index contributed by atoms with van der Waals surface area (Å²) >= 11 is 0. The molecule has 0 amide bonds. The number of Topliss-reactive ketones (excluding diaryl/α,β-unsaturated/α-hetero) is 1. The SMILES string of the molecule is CCOc1cccc(CC(C)=O)c1. The maximum absolute atomic E-state index is 10.8. The normalized spacial score (nSPS) is 9.69. The molecule has 1 rings (SSSR count). The molecule has 0 N–H and O–H groups in total. The van der Waals surface area contributed by atoms with Crippen molar-refractivity contribution in [3.63, 3.8) is 0 Å². The van der Waals surface area contributed by atoms with E-state index in [1.165, 1.54) is 0 Å². The average molecular weight is 178 g/mol. The Balaban J connectivity index is 2.73. The van der Waals surface area contributed by atoms with Crippen LogP contribution >= 0.6 is 0 Å². The van der Waals surface area contributed by atoms with Crippen LogP contribution in [0.15, 0.2) is 24.3 Å². The predicted molar refractivity (Wildman–Crippen MR) is 52.0 cm³/mol. The van der Waals surface area contributed by atoms with Gasteiger partial charge in [0.05, 0.1) is 6.61 Å². The summed E-state index contributed by atoms with van der Waals surface area (Å²) < 4.78 is 5.32. The minimum absolute atomic E-state index is 0.175. The molecule has 0 saturated carbocycles. The van der Waals surface area contributed by atoms with E-state index in [9.17, 15) is 4.79 Å². The first kappa shape index (κ1) is 9.78. The Morgan fingerprint density at radius 1 is 1.46 bits per heavy atom. The Morgan fingerprint density at radius 3 is 2.85 bits per heavy atom. The first-order chi connectivity index (χ1) is 6.22. The molecule has 0 unspecified atom stereocenters. The van der Waals surface area contributed by atoms with E-state index in [1.54, 1.807) is 6.92 Å². The van der Waals surface area contributed by atoms with Gasteiger partial charge in [-0.1, -0.05) is 12.1 Å². The maximum Gasteiger partial charge on any atom is 0.134 e. The zero-order valence-electron chi connectivity index (χ0n) is 8.04. The Morgan fingerprint density at radius 2 is 2.23 bits per heavy atom. The molecule has 0 aliphatic rings. The molecule has 1 aromatic carbocycles. The van der Waals surface area contributed by atoms with E-state index >= 15 is 0 Å². The summed E-state index contributed by atoms with van der Waals surface area (Å²) in [4.78, 5) is 10.8. The van der Waals surface area contributed by atoms with E-state index in [-0.39, 0.29) is 5.78 Å². The van der Waals surface area contributed by atoms with Crippen molar-refractivity contribution in [3.8, 4) is 5.75 Å². The molecule has 0 radical (unpaired) electrons. The molecule has 0 saturated heterocycles. The third-order valence-corrected chi connectivity index (χ3v) is 1.66. The van der Waals surface area contributed by atoms with E-state index in [0.29, 0.717) is 13.0 Å². The fourth-order valence-corrected chi connectivity index (χ4v) is 1.20. The molecule has 0 aliphatic heterocycles. The molecule has 13 heavy (non-hydrogen) atoms. The van der Waals surface area contributed by atoms with Crippen LogP contribution in [0.3, 0.4) is 0 Å². The van der Waals surface area contributed by atoms with E-state index in [1.807, 2.05) is 31.2 Å². The number of rotatable bonds is 4. The van der Waals surface area contributed by atoms with Gasteiger partial charge in [-0.15, -0.1) is 0 Å². The lowest BCUT2D eigenvalue weighted by molar-refractivity contribution is -0.116. The van der Waals surface area contributed by atoms with Crippen LogP contribution in [0, 0.1) is 0 Å². The van der Waals surface area contributed by atoms with Crippen LogP contribution < -0.4 is 4.74 Å². The summed E-state index contributed by atoms with van der Waals surface area (Å²) in [5, 5.41) is 0. The van der Waals surface area contributed by atoms with E-state index in [4.69, 9.17) is 4.74 Å². The molecule has 0 spiro atoms. The first-order valence-corrected chi connectivity index (χ1v) is 4.43. The predicted octanol–water partition coefficient (Wildman–Crippen LogP) is 2.22. The van der Waals surface area contributed by atoms with Gasteiger partial charge in [-0.3, -0.25) is 4.79 Å². The topological polar surface area (TPSA) is 26.3 Å². The molecule has 0 bridgehead atoms. The lowest BCUT2D eigenvalue weighted by Crippen LogP contribution is -1.97. The van der Waals surface area contributed by atoms with Crippen LogP contribution in [-0.4, -0.2) is 12.4 Å². The molecular weight excluding hydrogens is 164 g/mol. The van der Waals surface area contributed by atoms with Gasteiger partial charge in [0.2, 0.25) is 0 Å². The van der Waals surface area contributed by atoms with Crippen LogP contribution in [0.2, 0.25) is 0 Å². The Bertz CT molecular complexity index is 292. The van der Waals surface area contributed by atoms with Gasteiger partial charge in [-0.25, -0.2) is 0 Å². The third kappa shape index (κ3) is 3.28. The summed E-state index contributed by atoms with van der Waals surface area (Å²) in [5.41, 5.74) is 1.01. The molecular formula is C11H14O2. The molecule has 0 aromatic heterocycles. The van der Waals surface area contributed by atoms with Crippen LogP contribution in [0.1, 0.15) is 19.4 Å². The molecule has 0 heterocycles. The minimum atomic E-state index is 0.175. The molecule has 2 nitrogen and oxygen atoms in total. The summed E-state index contributed by atoms with van der Waals surface area (Å²) in [6.45, 7) is 4.19. The minimum Gasteiger partial charge on any atom is -0.494 e. The summed E-state index contributed by atoms with van der Waals surface area (Å²) in [6.07, 6.45) is 0.487. The third-order valence-electron chi connectivity index (χ3n) is 1.66. The van der Waals surface area contributed by atoms with E-state index in [0.717, 1.165) is 11.3 Å². The van der Waals surface area contributed by atoms with Gasteiger partial charge in [0.15, 0.2) is 0 Å². The molecule has 2 heteroatoms. The smallest absolute Gasteiger partial charge is 0.134 e. The number of ketones is 1. The fraction of sp³-hybridized carbons (Fsp3) is 0.364.